The molecule has 1 saturated heterocycles. The lowest BCUT2D eigenvalue weighted by Gasteiger charge is -2.25. The van der Waals surface area contributed by atoms with Crippen LogP contribution in [0.25, 0.3) is 0 Å². The Bertz CT molecular complexity index is 594. The van der Waals surface area contributed by atoms with Crippen LogP contribution in [-0.2, 0) is 9.59 Å². The maximum Gasteiger partial charge on any atom is 0.225 e. The Morgan fingerprint density at radius 1 is 1.36 bits per heavy atom. The number of hydrogen-bond acceptors (Lipinski definition) is 4. The lowest BCUT2D eigenvalue weighted by atomic mass is 9.90. The molecule has 1 aromatic rings. The summed E-state index contributed by atoms with van der Waals surface area (Å²) in [7, 11) is 1.60. The van der Waals surface area contributed by atoms with E-state index in [0.29, 0.717) is 13.1 Å². The highest BCUT2D eigenvalue weighted by molar-refractivity contribution is 5.85. The van der Waals surface area contributed by atoms with Gasteiger partial charge in [-0.2, -0.15) is 0 Å². The van der Waals surface area contributed by atoms with E-state index >= 15 is 0 Å². The molecule has 3 N–H and O–H groups in total. The normalized spacial score (nSPS) is 20.6. The van der Waals surface area contributed by atoms with Gasteiger partial charge in [0.25, 0.3) is 0 Å². The van der Waals surface area contributed by atoms with E-state index in [1.54, 1.807) is 7.11 Å². The summed E-state index contributed by atoms with van der Waals surface area (Å²) < 4.78 is 5.15. The number of likely N-dealkylation sites (tertiary alicyclic amines) is 1. The largest absolute Gasteiger partial charge is 0.497 e. The molecule has 0 aromatic heterocycles. The molecule has 1 aromatic carbocycles. The highest BCUT2D eigenvalue weighted by Crippen LogP contribution is 2.30. The van der Waals surface area contributed by atoms with Crippen molar-refractivity contribution in [1.29, 1.82) is 0 Å². The van der Waals surface area contributed by atoms with Crippen LogP contribution in [-0.4, -0.2) is 43.5 Å². The molecule has 1 aliphatic heterocycles. The number of amides is 2. The second kappa shape index (κ2) is 9.06. The van der Waals surface area contributed by atoms with E-state index in [4.69, 9.17) is 10.5 Å². The van der Waals surface area contributed by atoms with Crippen molar-refractivity contribution in [3.63, 3.8) is 0 Å². The van der Waals surface area contributed by atoms with Gasteiger partial charge in [0.2, 0.25) is 11.8 Å². The topological polar surface area (TPSA) is 84.7 Å². The van der Waals surface area contributed by atoms with Gasteiger partial charge in [0.05, 0.1) is 19.6 Å². The number of methoxy groups -OCH3 is 1. The third-order valence-electron chi connectivity index (χ3n) is 4.68. The molecule has 25 heavy (non-hydrogen) atoms. The Morgan fingerprint density at radius 3 is 2.48 bits per heavy atom. The van der Waals surface area contributed by atoms with Gasteiger partial charge in [0, 0.05) is 20.0 Å². The summed E-state index contributed by atoms with van der Waals surface area (Å²) in [6, 6.07) is 7.07. The van der Waals surface area contributed by atoms with E-state index in [-0.39, 0.29) is 42.1 Å². The molecule has 1 fully saturated rings. The minimum absolute atomic E-state index is 0. The number of carbonyl (C=O) groups excluding carboxylic acids is 2. The number of halogens is 1. The number of nitrogens with zero attached hydrogens (tertiary/aromatic N) is 1. The Labute approximate surface area is 155 Å². The molecule has 2 amide bonds. The van der Waals surface area contributed by atoms with Crippen LogP contribution >= 0.6 is 12.4 Å². The molecule has 140 valence electrons. The van der Waals surface area contributed by atoms with Gasteiger partial charge in [-0.15, -0.1) is 12.4 Å². The van der Waals surface area contributed by atoms with Crippen LogP contribution < -0.4 is 15.8 Å². The molecule has 2 atom stereocenters. The Kier molecular flexibility index (Phi) is 7.70. The zero-order valence-electron chi connectivity index (χ0n) is 15.1. The van der Waals surface area contributed by atoms with E-state index in [1.807, 2.05) is 29.2 Å². The third-order valence-corrected chi connectivity index (χ3v) is 4.68. The van der Waals surface area contributed by atoms with Crippen LogP contribution in [0.5, 0.6) is 5.75 Å². The van der Waals surface area contributed by atoms with Crippen molar-refractivity contribution in [3.05, 3.63) is 29.8 Å². The number of hydrogen-bond donors (Lipinski definition) is 2. The van der Waals surface area contributed by atoms with Gasteiger partial charge in [-0.1, -0.05) is 19.1 Å². The first-order valence-electron chi connectivity index (χ1n) is 8.26. The number of carbonyl (C=O) groups is 2. The third kappa shape index (κ3) is 5.61. The van der Waals surface area contributed by atoms with E-state index in [2.05, 4.69) is 12.2 Å². The zero-order valence-corrected chi connectivity index (χ0v) is 15.9. The van der Waals surface area contributed by atoms with Crippen LogP contribution in [0, 0.1) is 5.41 Å². The second-order valence-corrected chi connectivity index (χ2v) is 6.81. The van der Waals surface area contributed by atoms with Gasteiger partial charge in [-0.3, -0.25) is 9.59 Å². The summed E-state index contributed by atoms with van der Waals surface area (Å²) in [5.74, 6) is 0.628. The van der Waals surface area contributed by atoms with Gasteiger partial charge in [0.15, 0.2) is 0 Å². The molecule has 0 saturated carbocycles. The average molecular weight is 370 g/mol. The molecule has 1 aliphatic rings. The maximum atomic E-state index is 12.6. The van der Waals surface area contributed by atoms with Crippen molar-refractivity contribution in [2.24, 2.45) is 11.1 Å². The van der Waals surface area contributed by atoms with Crippen LogP contribution in [0.3, 0.4) is 0 Å². The molecular weight excluding hydrogens is 342 g/mol. The van der Waals surface area contributed by atoms with E-state index < -0.39 is 0 Å². The standard InChI is InChI=1S/C18H27N3O3.ClH/c1-13(22)20-16(14-4-6-15(24-3)7-5-14)10-17(23)21-9-8-18(2,11-19)12-21;/h4-7,16H,8-12,19H2,1-3H3,(H,20,22);1H. The van der Waals surface area contributed by atoms with Crippen LogP contribution in [0.2, 0.25) is 0 Å². The Balaban J connectivity index is 0.00000312. The van der Waals surface area contributed by atoms with Crippen molar-refractivity contribution in [3.8, 4) is 5.75 Å². The van der Waals surface area contributed by atoms with Gasteiger partial charge < -0.3 is 20.7 Å². The summed E-state index contributed by atoms with van der Waals surface area (Å²) in [4.78, 5) is 26.0. The van der Waals surface area contributed by atoms with Crippen LogP contribution in [0.4, 0.5) is 0 Å². The summed E-state index contributed by atoms with van der Waals surface area (Å²) in [5.41, 5.74) is 6.70. The van der Waals surface area contributed by atoms with Crippen molar-refractivity contribution >= 4 is 24.2 Å². The Hall–Kier alpha value is -1.79. The number of ether oxygens (including phenoxy) is 1. The highest BCUT2D eigenvalue weighted by Gasteiger charge is 2.35. The Morgan fingerprint density at radius 2 is 2.00 bits per heavy atom. The summed E-state index contributed by atoms with van der Waals surface area (Å²) >= 11 is 0. The number of nitrogens with two attached hydrogens (primary N) is 1. The van der Waals surface area contributed by atoms with Gasteiger partial charge in [-0.25, -0.2) is 0 Å². The fourth-order valence-electron chi connectivity index (χ4n) is 3.04. The molecule has 0 radical (unpaired) electrons. The highest BCUT2D eigenvalue weighted by atomic mass is 35.5. The lowest BCUT2D eigenvalue weighted by Crippen LogP contribution is -2.37. The molecule has 2 rings (SSSR count). The molecule has 6 nitrogen and oxygen atoms in total. The predicted molar refractivity (Wildman–Crippen MR) is 99.8 cm³/mol. The SMILES string of the molecule is COc1ccc(C(CC(=O)N2CCC(C)(CN)C2)NC(C)=O)cc1.Cl. The fourth-order valence-corrected chi connectivity index (χ4v) is 3.04. The molecular formula is C18H28ClN3O3. The zero-order chi connectivity index (χ0) is 17.7. The summed E-state index contributed by atoms with van der Waals surface area (Å²) in [6.07, 6.45) is 1.16. The number of rotatable bonds is 6. The molecule has 0 bridgehead atoms. The van der Waals surface area contributed by atoms with Gasteiger partial charge in [0.1, 0.15) is 5.75 Å². The smallest absolute Gasteiger partial charge is 0.225 e. The fraction of sp³-hybridized carbons (Fsp3) is 0.556. The predicted octanol–water partition coefficient (Wildman–Crippen LogP) is 1.88. The van der Waals surface area contributed by atoms with Crippen molar-refractivity contribution < 1.29 is 14.3 Å². The number of nitrogens with one attached hydrogen (secondary N) is 1. The molecule has 7 heteroatoms. The van der Waals surface area contributed by atoms with Crippen LogP contribution in [0.15, 0.2) is 24.3 Å². The quantitative estimate of drug-likeness (QED) is 0.801. The van der Waals surface area contributed by atoms with Crippen molar-refractivity contribution in [1.82, 2.24) is 10.2 Å². The van der Waals surface area contributed by atoms with Gasteiger partial charge >= 0.3 is 0 Å². The van der Waals surface area contributed by atoms with E-state index in [9.17, 15) is 9.59 Å². The minimum atomic E-state index is -0.342. The second-order valence-electron chi connectivity index (χ2n) is 6.81. The first-order chi connectivity index (χ1) is 11.4. The van der Waals surface area contributed by atoms with E-state index in [0.717, 1.165) is 24.3 Å². The van der Waals surface area contributed by atoms with Gasteiger partial charge in [-0.05, 0) is 36.1 Å². The first kappa shape index (κ1) is 21.3. The minimum Gasteiger partial charge on any atom is -0.497 e. The van der Waals surface area contributed by atoms with Crippen molar-refractivity contribution in [2.45, 2.75) is 32.7 Å². The summed E-state index contributed by atoms with van der Waals surface area (Å²) in [6.45, 7) is 5.54. The van der Waals surface area contributed by atoms with E-state index in [1.165, 1.54) is 6.92 Å². The van der Waals surface area contributed by atoms with Crippen molar-refractivity contribution in [2.75, 3.05) is 26.7 Å². The molecule has 1 heterocycles. The summed E-state index contributed by atoms with van der Waals surface area (Å²) in [5, 5.41) is 2.87. The number of benzene rings is 1. The molecule has 2 unspecified atom stereocenters. The lowest BCUT2D eigenvalue weighted by molar-refractivity contribution is -0.131. The first-order valence-corrected chi connectivity index (χ1v) is 8.26. The molecule has 0 spiro atoms. The molecule has 0 aliphatic carbocycles. The maximum absolute atomic E-state index is 12.6. The average Bonchev–Trinajstić information content (AvgIpc) is 2.97. The monoisotopic (exact) mass is 369 g/mol. The van der Waals surface area contributed by atoms with Crippen LogP contribution in [0.1, 0.15) is 38.3 Å².